The van der Waals surface area contributed by atoms with Gasteiger partial charge in [-0.2, -0.15) is 0 Å². The Hall–Kier alpha value is -1.00. The number of phenolic OH excluding ortho intramolecular Hbond substituents is 1. The van der Waals surface area contributed by atoms with Crippen molar-refractivity contribution in [3.05, 3.63) is 28.2 Å². The van der Waals surface area contributed by atoms with E-state index >= 15 is 0 Å². The van der Waals surface area contributed by atoms with Gasteiger partial charge in [0.2, 0.25) is 0 Å². The molecular weight excluding hydrogens is 270 g/mol. The number of nitrogens with one attached hydrogen (secondary N) is 1. The molecule has 16 heavy (non-hydrogen) atoms. The van der Waals surface area contributed by atoms with Crippen LogP contribution in [0.4, 0.5) is 0 Å². The number of likely N-dealkylation sites (N-methyl/N-ethyl adjacent to an activating group) is 1. The van der Waals surface area contributed by atoms with Gasteiger partial charge in [-0.05, 0) is 47.6 Å². The van der Waals surface area contributed by atoms with Gasteiger partial charge < -0.3 is 15.2 Å². The van der Waals surface area contributed by atoms with Crippen molar-refractivity contribution in [3.63, 3.8) is 0 Å². The van der Waals surface area contributed by atoms with Crippen LogP contribution in [0.1, 0.15) is 12.5 Å². The Balaban J connectivity index is 2.94. The van der Waals surface area contributed by atoms with Crippen LogP contribution in [0.2, 0.25) is 0 Å². The van der Waals surface area contributed by atoms with Crippen molar-refractivity contribution >= 4 is 22.0 Å². The van der Waals surface area contributed by atoms with Crippen molar-refractivity contribution in [3.8, 4) is 11.5 Å². The van der Waals surface area contributed by atoms with Gasteiger partial charge in [0.1, 0.15) is 0 Å². The highest BCUT2D eigenvalue weighted by Crippen LogP contribution is 2.35. The fourth-order valence-corrected chi connectivity index (χ4v) is 1.73. The van der Waals surface area contributed by atoms with E-state index in [4.69, 9.17) is 4.74 Å². The largest absolute Gasteiger partial charge is 0.503 e. The summed E-state index contributed by atoms with van der Waals surface area (Å²) in [5.74, 6) is 0.647. The molecule has 0 atom stereocenters. The minimum atomic E-state index is 0.146. The quantitative estimate of drug-likeness (QED) is 0.874. The van der Waals surface area contributed by atoms with Crippen molar-refractivity contribution in [1.29, 1.82) is 0 Å². The number of phenols is 1. The van der Waals surface area contributed by atoms with Gasteiger partial charge in [0.05, 0.1) is 11.1 Å². The standard InChI is InChI=1S/C12H16BrNO2/c1-3-16-11-8-9(5-4-6-14-2)7-10(13)12(11)15/h4-5,7-8,14-15H,3,6H2,1-2H3. The second-order valence-corrected chi connectivity index (χ2v) is 4.10. The molecule has 0 aromatic heterocycles. The van der Waals surface area contributed by atoms with Crippen LogP contribution in [0.3, 0.4) is 0 Å². The zero-order valence-electron chi connectivity index (χ0n) is 9.46. The molecule has 0 heterocycles. The fourth-order valence-electron chi connectivity index (χ4n) is 1.27. The predicted molar refractivity (Wildman–Crippen MR) is 69.9 cm³/mol. The lowest BCUT2D eigenvalue weighted by Gasteiger charge is -2.08. The summed E-state index contributed by atoms with van der Waals surface area (Å²) in [7, 11) is 1.89. The first-order valence-corrected chi connectivity index (χ1v) is 5.94. The zero-order chi connectivity index (χ0) is 12.0. The van der Waals surface area contributed by atoms with Gasteiger partial charge in [0.25, 0.3) is 0 Å². The molecule has 0 saturated heterocycles. The molecule has 1 aromatic rings. The second-order valence-electron chi connectivity index (χ2n) is 3.24. The zero-order valence-corrected chi connectivity index (χ0v) is 11.0. The second kappa shape index (κ2) is 6.55. The highest BCUT2D eigenvalue weighted by Gasteiger charge is 2.07. The van der Waals surface area contributed by atoms with Gasteiger partial charge >= 0.3 is 0 Å². The Morgan fingerprint density at radius 3 is 2.88 bits per heavy atom. The average Bonchev–Trinajstić information content (AvgIpc) is 2.26. The van der Waals surface area contributed by atoms with E-state index in [0.717, 1.165) is 12.1 Å². The molecule has 2 N–H and O–H groups in total. The third kappa shape index (κ3) is 3.54. The number of benzene rings is 1. The van der Waals surface area contributed by atoms with Crippen LogP contribution in [0, 0.1) is 0 Å². The van der Waals surface area contributed by atoms with Gasteiger partial charge in [-0.15, -0.1) is 0 Å². The Kier molecular flexibility index (Phi) is 5.35. The average molecular weight is 286 g/mol. The predicted octanol–water partition coefficient (Wildman–Crippen LogP) is 2.79. The SMILES string of the molecule is CCOc1cc(C=CCNC)cc(Br)c1O. The molecule has 0 saturated carbocycles. The third-order valence-corrected chi connectivity index (χ3v) is 2.59. The Labute approximate surface area is 104 Å². The maximum absolute atomic E-state index is 9.72. The topological polar surface area (TPSA) is 41.5 Å². The van der Waals surface area contributed by atoms with E-state index in [1.807, 2.05) is 38.3 Å². The van der Waals surface area contributed by atoms with Crippen molar-refractivity contribution in [2.45, 2.75) is 6.92 Å². The van der Waals surface area contributed by atoms with Crippen LogP contribution in [0.25, 0.3) is 6.08 Å². The number of aromatic hydroxyl groups is 1. The van der Waals surface area contributed by atoms with Gasteiger partial charge in [0, 0.05) is 6.54 Å². The molecule has 1 aromatic carbocycles. The Morgan fingerprint density at radius 1 is 1.50 bits per heavy atom. The van der Waals surface area contributed by atoms with E-state index in [0.29, 0.717) is 16.8 Å². The van der Waals surface area contributed by atoms with Gasteiger partial charge in [0.15, 0.2) is 11.5 Å². The van der Waals surface area contributed by atoms with Crippen molar-refractivity contribution in [2.75, 3.05) is 20.2 Å². The molecule has 0 radical (unpaired) electrons. The molecule has 4 heteroatoms. The van der Waals surface area contributed by atoms with Crippen LogP contribution in [-0.4, -0.2) is 25.3 Å². The highest BCUT2D eigenvalue weighted by molar-refractivity contribution is 9.10. The molecular formula is C12H16BrNO2. The van der Waals surface area contributed by atoms with Gasteiger partial charge in [-0.25, -0.2) is 0 Å². The van der Waals surface area contributed by atoms with E-state index in [1.54, 1.807) is 0 Å². The first-order valence-electron chi connectivity index (χ1n) is 5.15. The number of hydrogen-bond acceptors (Lipinski definition) is 3. The van der Waals surface area contributed by atoms with E-state index in [2.05, 4.69) is 21.2 Å². The van der Waals surface area contributed by atoms with E-state index in [-0.39, 0.29) is 5.75 Å². The Bertz CT molecular complexity index is 378. The lowest BCUT2D eigenvalue weighted by Crippen LogP contribution is -2.03. The number of hydrogen-bond donors (Lipinski definition) is 2. The molecule has 0 bridgehead atoms. The monoisotopic (exact) mass is 285 g/mol. The molecule has 88 valence electrons. The highest BCUT2D eigenvalue weighted by atomic mass is 79.9. The summed E-state index contributed by atoms with van der Waals surface area (Å²) in [6, 6.07) is 3.67. The van der Waals surface area contributed by atoms with Crippen LogP contribution in [-0.2, 0) is 0 Å². The molecule has 0 aliphatic carbocycles. The summed E-state index contributed by atoms with van der Waals surface area (Å²) < 4.78 is 5.98. The number of rotatable bonds is 5. The van der Waals surface area contributed by atoms with Crippen LogP contribution < -0.4 is 10.1 Å². The molecule has 0 fully saturated rings. The molecule has 3 nitrogen and oxygen atoms in total. The Morgan fingerprint density at radius 2 is 2.25 bits per heavy atom. The third-order valence-electron chi connectivity index (χ3n) is 1.98. The van der Waals surface area contributed by atoms with Crippen LogP contribution in [0.5, 0.6) is 11.5 Å². The van der Waals surface area contributed by atoms with E-state index < -0.39 is 0 Å². The molecule has 0 aliphatic heterocycles. The van der Waals surface area contributed by atoms with Gasteiger partial charge in [-0.1, -0.05) is 12.2 Å². The first kappa shape index (κ1) is 13.1. The van der Waals surface area contributed by atoms with E-state index in [1.165, 1.54) is 0 Å². The molecule has 0 amide bonds. The summed E-state index contributed by atoms with van der Waals surface area (Å²) in [6.45, 7) is 3.23. The summed E-state index contributed by atoms with van der Waals surface area (Å²) in [4.78, 5) is 0. The number of halogens is 1. The minimum absolute atomic E-state index is 0.146. The number of ether oxygens (including phenoxy) is 1. The summed E-state index contributed by atoms with van der Waals surface area (Å²) in [5, 5.41) is 12.7. The molecule has 0 unspecified atom stereocenters. The maximum Gasteiger partial charge on any atom is 0.172 e. The normalized spacial score (nSPS) is 10.9. The molecule has 0 spiro atoms. The van der Waals surface area contributed by atoms with Crippen LogP contribution >= 0.6 is 15.9 Å². The van der Waals surface area contributed by atoms with Crippen LogP contribution in [0.15, 0.2) is 22.7 Å². The summed E-state index contributed by atoms with van der Waals surface area (Å²) >= 11 is 3.30. The van der Waals surface area contributed by atoms with Crippen molar-refractivity contribution in [1.82, 2.24) is 5.32 Å². The fraction of sp³-hybridized carbons (Fsp3) is 0.333. The maximum atomic E-state index is 9.72. The molecule has 1 rings (SSSR count). The minimum Gasteiger partial charge on any atom is -0.503 e. The lowest BCUT2D eigenvalue weighted by molar-refractivity contribution is 0.317. The smallest absolute Gasteiger partial charge is 0.172 e. The van der Waals surface area contributed by atoms with Gasteiger partial charge in [-0.3, -0.25) is 0 Å². The molecule has 0 aliphatic rings. The summed E-state index contributed by atoms with van der Waals surface area (Å²) in [5.41, 5.74) is 0.989. The lowest BCUT2D eigenvalue weighted by atomic mass is 10.2. The van der Waals surface area contributed by atoms with E-state index in [9.17, 15) is 5.11 Å². The summed E-state index contributed by atoms with van der Waals surface area (Å²) in [6.07, 6.45) is 3.98. The first-order chi connectivity index (χ1) is 7.69. The van der Waals surface area contributed by atoms with Crippen molar-refractivity contribution < 1.29 is 9.84 Å². The van der Waals surface area contributed by atoms with Crippen molar-refractivity contribution in [2.24, 2.45) is 0 Å².